The minimum absolute atomic E-state index is 0.157. The van der Waals surface area contributed by atoms with Crippen LogP contribution in [0.2, 0.25) is 0 Å². The maximum atomic E-state index is 10.1. The van der Waals surface area contributed by atoms with E-state index >= 15 is 0 Å². The minimum Gasteiger partial charge on any atom is -0.375 e. The van der Waals surface area contributed by atoms with E-state index in [0.717, 1.165) is 37.9 Å². The van der Waals surface area contributed by atoms with Gasteiger partial charge >= 0.3 is 0 Å². The molecule has 0 aromatic carbocycles. The highest BCUT2D eigenvalue weighted by molar-refractivity contribution is 5.79. The van der Waals surface area contributed by atoms with Crippen molar-refractivity contribution in [3.63, 3.8) is 0 Å². The molecule has 1 aliphatic heterocycles. The van der Waals surface area contributed by atoms with Gasteiger partial charge in [0.15, 0.2) is 5.96 Å². The highest BCUT2D eigenvalue weighted by Gasteiger charge is 2.57. The van der Waals surface area contributed by atoms with Crippen molar-refractivity contribution in [2.45, 2.75) is 77.7 Å². The van der Waals surface area contributed by atoms with Gasteiger partial charge in [-0.25, -0.2) is 0 Å². The monoisotopic (exact) mass is 392 g/mol. The SMILES string of the molecule is CC/C(=C\N(C1CCNCC1)[C@@]1(C)C(=C(C)C)C(NC(N)=NC)[C@@H]1C)[C@@H](N)O. The summed E-state index contributed by atoms with van der Waals surface area (Å²) >= 11 is 0. The number of aliphatic hydroxyl groups is 1. The van der Waals surface area contributed by atoms with Crippen LogP contribution in [-0.2, 0) is 0 Å². The summed E-state index contributed by atoms with van der Waals surface area (Å²) in [6.07, 6.45) is 4.07. The summed E-state index contributed by atoms with van der Waals surface area (Å²) in [6, 6.07) is 0.561. The maximum absolute atomic E-state index is 10.1. The molecular formula is C21H40N6O. The van der Waals surface area contributed by atoms with Crippen molar-refractivity contribution in [1.82, 2.24) is 15.5 Å². The van der Waals surface area contributed by atoms with Gasteiger partial charge in [-0.05, 0) is 64.3 Å². The number of rotatable bonds is 6. The first-order valence-electron chi connectivity index (χ1n) is 10.5. The zero-order chi connectivity index (χ0) is 21.1. The van der Waals surface area contributed by atoms with Crippen LogP contribution in [0, 0.1) is 5.92 Å². The van der Waals surface area contributed by atoms with Crippen LogP contribution < -0.4 is 22.1 Å². The molecule has 7 N–H and O–H groups in total. The van der Waals surface area contributed by atoms with Gasteiger partial charge in [-0.1, -0.05) is 19.4 Å². The molecule has 1 saturated carbocycles. The molecule has 2 fully saturated rings. The summed E-state index contributed by atoms with van der Waals surface area (Å²) in [5.41, 5.74) is 15.2. The lowest BCUT2D eigenvalue weighted by molar-refractivity contribution is 0.0116. The van der Waals surface area contributed by atoms with E-state index in [2.05, 4.69) is 54.4 Å². The summed E-state index contributed by atoms with van der Waals surface area (Å²) in [5, 5.41) is 16.9. The number of nitrogens with one attached hydrogen (secondary N) is 2. The van der Waals surface area contributed by atoms with E-state index in [1.54, 1.807) is 7.05 Å². The zero-order valence-electron chi connectivity index (χ0n) is 18.4. The molecule has 0 aromatic heterocycles. The molecule has 28 heavy (non-hydrogen) atoms. The fourth-order valence-corrected chi connectivity index (χ4v) is 4.91. The van der Waals surface area contributed by atoms with Crippen LogP contribution in [0.5, 0.6) is 0 Å². The van der Waals surface area contributed by atoms with Crippen molar-refractivity contribution >= 4 is 5.96 Å². The first-order chi connectivity index (χ1) is 13.2. The average molecular weight is 393 g/mol. The van der Waals surface area contributed by atoms with Crippen LogP contribution in [0.3, 0.4) is 0 Å². The van der Waals surface area contributed by atoms with Gasteiger partial charge in [-0.2, -0.15) is 0 Å². The Morgan fingerprint density at radius 2 is 2.04 bits per heavy atom. The lowest BCUT2D eigenvalue weighted by atomic mass is 9.57. The number of nitrogens with zero attached hydrogens (tertiary/aromatic N) is 2. The van der Waals surface area contributed by atoms with Crippen molar-refractivity contribution in [1.29, 1.82) is 0 Å². The molecule has 1 aliphatic carbocycles. The molecule has 160 valence electrons. The van der Waals surface area contributed by atoms with Crippen molar-refractivity contribution < 1.29 is 5.11 Å². The smallest absolute Gasteiger partial charge is 0.188 e. The van der Waals surface area contributed by atoms with Gasteiger partial charge in [-0.15, -0.1) is 0 Å². The van der Waals surface area contributed by atoms with Gasteiger partial charge in [-0.3, -0.25) is 4.99 Å². The summed E-state index contributed by atoms with van der Waals surface area (Å²) in [4.78, 5) is 6.56. The fourth-order valence-electron chi connectivity index (χ4n) is 4.91. The molecule has 0 radical (unpaired) electrons. The topological polar surface area (TPSA) is 112 Å². The number of piperidine rings is 1. The van der Waals surface area contributed by atoms with Crippen molar-refractivity contribution in [3.8, 4) is 0 Å². The summed E-state index contributed by atoms with van der Waals surface area (Å²) in [7, 11) is 1.70. The van der Waals surface area contributed by atoms with Crippen LogP contribution >= 0.6 is 0 Å². The lowest BCUT2D eigenvalue weighted by Gasteiger charge is -2.62. The Kier molecular flexibility index (Phi) is 7.53. The Morgan fingerprint density at radius 1 is 1.43 bits per heavy atom. The van der Waals surface area contributed by atoms with Gasteiger partial charge in [0.2, 0.25) is 0 Å². The number of hydrogen-bond acceptors (Lipinski definition) is 5. The number of hydrogen-bond donors (Lipinski definition) is 5. The molecule has 7 nitrogen and oxygen atoms in total. The Hall–Kier alpha value is -1.57. The maximum Gasteiger partial charge on any atom is 0.188 e. The predicted molar refractivity (Wildman–Crippen MR) is 117 cm³/mol. The first-order valence-corrected chi connectivity index (χ1v) is 10.5. The molecule has 0 bridgehead atoms. The van der Waals surface area contributed by atoms with Crippen molar-refractivity contribution in [2.75, 3.05) is 20.1 Å². The Labute approximate surface area is 170 Å². The molecule has 2 aliphatic rings. The number of nitrogens with two attached hydrogens (primary N) is 2. The quantitative estimate of drug-likeness (QED) is 0.201. The third-order valence-corrected chi connectivity index (χ3v) is 6.66. The van der Waals surface area contributed by atoms with Gasteiger partial charge in [0.1, 0.15) is 6.23 Å². The second kappa shape index (κ2) is 9.29. The molecule has 7 heteroatoms. The second-order valence-electron chi connectivity index (χ2n) is 8.47. The van der Waals surface area contributed by atoms with E-state index in [9.17, 15) is 5.11 Å². The summed E-state index contributed by atoms with van der Waals surface area (Å²) in [5.74, 6) is 0.782. The average Bonchev–Trinajstić information content (AvgIpc) is 2.67. The largest absolute Gasteiger partial charge is 0.375 e. The van der Waals surface area contributed by atoms with Crippen LogP contribution in [0.15, 0.2) is 27.9 Å². The lowest BCUT2D eigenvalue weighted by Crippen LogP contribution is -2.72. The molecule has 1 unspecified atom stereocenters. The van der Waals surface area contributed by atoms with Gasteiger partial charge < -0.3 is 32.1 Å². The van der Waals surface area contributed by atoms with Gasteiger partial charge in [0, 0.05) is 25.2 Å². The van der Waals surface area contributed by atoms with Gasteiger partial charge in [0.05, 0.1) is 11.6 Å². The molecule has 0 spiro atoms. The fraction of sp³-hybridized carbons (Fsp3) is 0.762. The predicted octanol–water partition coefficient (Wildman–Crippen LogP) is 1.26. The Bertz CT molecular complexity index is 631. The molecule has 4 atom stereocenters. The minimum atomic E-state index is -0.930. The highest BCUT2D eigenvalue weighted by atomic mass is 16.3. The zero-order valence-corrected chi connectivity index (χ0v) is 18.4. The number of guanidine groups is 1. The van der Waals surface area contributed by atoms with E-state index in [1.165, 1.54) is 11.1 Å². The standard InChI is InChI=1S/C21H40N6O/c1-7-15(19(22)28)12-27(16-8-10-25-11-9-16)21(5)14(4)18(17(21)13(2)3)26-20(23)24-6/h12,14,16,18-19,25,28H,7-11,22H2,1-6H3,(H3,23,24,26)/b15-12+/t14-,18?,19-,21+/m0/s1. The summed E-state index contributed by atoms with van der Waals surface area (Å²) in [6.45, 7) is 13.0. The van der Waals surface area contributed by atoms with Crippen LogP contribution in [0.25, 0.3) is 0 Å². The van der Waals surface area contributed by atoms with E-state index in [1.807, 2.05) is 6.92 Å². The second-order valence-corrected chi connectivity index (χ2v) is 8.47. The van der Waals surface area contributed by atoms with Crippen LogP contribution in [0.4, 0.5) is 0 Å². The van der Waals surface area contributed by atoms with E-state index in [-0.39, 0.29) is 11.6 Å². The number of aliphatic imine (C=N–C) groups is 1. The molecule has 2 rings (SSSR count). The van der Waals surface area contributed by atoms with Crippen molar-refractivity contribution in [2.24, 2.45) is 22.4 Å². The third kappa shape index (κ3) is 4.21. The van der Waals surface area contributed by atoms with E-state index < -0.39 is 6.23 Å². The summed E-state index contributed by atoms with van der Waals surface area (Å²) < 4.78 is 0. The number of allylic oxidation sites excluding steroid dienone is 1. The van der Waals surface area contributed by atoms with Crippen molar-refractivity contribution in [3.05, 3.63) is 22.9 Å². The molecular weight excluding hydrogens is 352 g/mol. The first kappa shape index (κ1) is 22.7. The van der Waals surface area contributed by atoms with E-state index in [0.29, 0.717) is 17.9 Å². The third-order valence-electron chi connectivity index (χ3n) is 6.66. The van der Waals surface area contributed by atoms with Crippen LogP contribution in [0.1, 0.15) is 53.9 Å². The van der Waals surface area contributed by atoms with Crippen LogP contribution in [-0.4, -0.2) is 60.0 Å². The molecule has 1 saturated heterocycles. The van der Waals surface area contributed by atoms with E-state index in [4.69, 9.17) is 11.5 Å². The normalized spacial score (nSPS) is 30.6. The Morgan fingerprint density at radius 3 is 2.50 bits per heavy atom. The Balaban J connectivity index is 2.49. The highest BCUT2D eigenvalue weighted by Crippen LogP contribution is 2.51. The number of aliphatic hydroxyl groups excluding tert-OH is 1. The molecule has 1 heterocycles. The molecule has 0 aromatic rings. The van der Waals surface area contributed by atoms with Gasteiger partial charge in [0.25, 0.3) is 0 Å². The molecule has 0 amide bonds.